The van der Waals surface area contributed by atoms with Gasteiger partial charge in [-0.25, -0.2) is 8.42 Å². The molecule has 0 radical (unpaired) electrons. The fraction of sp³-hybridized carbons (Fsp3) is 0.355. The Morgan fingerprint density at radius 2 is 1.73 bits per heavy atom. The largest absolute Gasteiger partial charge is 0.495 e. The maximum absolute atomic E-state index is 13.5. The zero-order valence-corrected chi connectivity index (χ0v) is 24.4. The number of hydrogen-bond donors (Lipinski definition) is 1. The Labute approximate surface area is 241 Å². The van der Waals surface area contributed by atoms with Crippen molar-refractivity contribution in [2.75, 3.05) is 36.4 Å². The molecule has 5 rings (SSSR count). The Bertz CT molecular complexity index is 1550. The average molecular weight is 578 g/mol. The minimum atomic E-state index is -4.06. The van der Waals surface area contributed by atoms with Crippen molar-refractivity contribution in [3.63, 3.8) is 0 Å². The summed E-state index contributed by atoms with van der Waals surface area (Å²) in [5.41, 5.74) is 3.47. The van der Waals surface area contributed by atoms with E-state index in [1.807, 2.05) is 32.0 Å². The van der Waals surface area contributed by atoms with E-state index in [0.717, 1.165) is 29.5 Å². The number of aryl methyl sites for hydroxylation is 2. The maximum Gasteiger partial charge on any atom is 0.265 e. The van der Waals surface area contributed by atoms with Gasteiger partial charge in [0.1, 0.15) is 22.5 Å². The van der Waals surface area contributed by atoms with E-state index in [0.29, 0.717) is 49.6 Å². The summed E-state index contributed by atoms with van der Waals surface area (Å²) in [5, 5.41) is 0. The molecule has 0 saturated carbocycles. The van der Waals surface area contributed by atoms with E-state index in [1.54, 1.807) is 46.2 Å². The van der Waals surface area contributed by atoms with Crippen molar-refractivity contribution >= 4 is 33.2 Å². The number of hydrogen-bond acceptors (Lipinski definition) is 6. The molecule has 0 unspecified atom stereocenters. The topological polar surface area (TPSA) is 105 Å². The lowest BCUT2D eigenvalue weighted by atomic mass is 10.0. The SMILES string of the molecule is COc1ccc(N2CCCCC2=O)cc1S(=O)(=O)Nc1cccc(O[C@H]2CCN(C(=O)c3c(C)cccc3C)C2)c1. The second kappa shape index (κ2) is 11.8. The quantitative estimate of drug-likeness (QED) is 0.407. The van der Waals surface area contributed by atoms with Crippen molar-refractivity contribution in [3.05, 3.63) is 77.4 Å². The fourth-order valence-corrected chi connectivity index (χ4v) is 6.72. The van der Waals surface area contributed by atoms with Crippen LogP contribution in [0.4, 0.5) is 11.4 Å². The molecule has 9 nitrogen and oxygen atoms in total. The molecule has 3 aromatic carbocycles. The molecule has 1 N–H and O–H groups in total. The van der Waals surface area contributed by atoms with E-state index in [4.69, 9.17) is 9.47 Å². The summed E-state index contributed by atoms with van der Waals surface area (Å²) in [6.07, 6.45) is 2.60. The molecule has 2 fully saturated rings. The Kier molecular flexibility index (Phi) is 8.21. The normalized spacial score (nSPS) is 17.4. The van der Waals surface area contributed by atoms with Crippen LogP contribution < -0.4 is 19.1 Å². The van der Waals surface area contributed by atoms with Crippen LogP contribution in [0.2, 0.25) is 0 Å². The summed E-state index contributed by atoms with van der Waals surface area (Å²) in [5.74, 6) is 0.647. The predicted molar refractivity (Wildman–Crippen MR) is 157 cm³/mol. The first kappa shape index (κ1) is 28.5. The zero-order valence-electron chi connectivity index (χ0n) is 23.6. The van der Waals surface area contributed by atoms with Crippen LogP contribution in [0.3, 0.4) is 0 Å². The van der Waals surface area contributed by atoms with Crippen LogP contribution in [-0.2, 0) is 14.8 Å². The molecule has 2 aliphatic heterocycles. The summed E-state index contributed by atoms with van der Waals surface area (Å²) >= 11 is 0. The van der Waals surface area contributed by atoms with E-state index in [-0.39, 0.29) is 28.6 Å². The Morgan fingerprint density at radius 3 is 2.46 bits per heavy atom. The van der Waals surface area contributed by atoms with Gasteiger partial charge in [0.15, 0.2) is 0 Å². The highest BCUT2D eigenvalue weighted by Gasteiger charge is 2.30. The Balaban J connectivity index is 1.29. The van der Waals surface area contributed by atoms with Crippen molar-refractivity contribution in [3.8, 4) is 11.5 Å². The standard InChI is InChI=1S/C31H35N3O6S/c1-21-8-6-9-22(2)30(21)31(36)33-17-15-26(20-33)40-25-11-7-10-23(18-25)32-41(37,38)28-19-24(13-14-27(28)39-3)34-16-5-4-12-29(34)35/h6-11,13-14,18-19,26,32H,4-5,12,15-17,20H2,1-3H3/t26-/m0/s1. The lowest BCUT2D eigenvalue weighted by molar-refractivity contribution is -0.119. The molecule has 2 saturated heterocycles. The van der Waals surface area contributed by atoms with Crippen molar-refractivity contribution < 1.29 is 27.5 Å². The highest BCUT2D eigenvalue weighted by atomic mass is 32.2. The van der Waals surface area contributed by atoms with Crippen LogP contribution in [0.1, 0.15) is 47.2 Å². The number of methoxy groups -OCH3 is 1. The molecule has 2 aliphatic rings. The number of likely N-dealkylation sites (tertiary alicyclic amines) is 1. The molecule has 10 heteroatoms. The highest BCUT2D eigenvalue weighted by molar-refractivity contribution is 7.92. The number of amides is 2. The molecule has 2 heterocycles. The monoisotopic (exact) mass is 577 g/mol. The van der Waals surface area contributed by atoms with Gasteiger partial charge in [-0.3, -0.25) is 14.3 Å². The molecule has 41 heavy (non-hydrogen) atoms. The number of piperidine rings is 1. The number of nitrogens with zero attached hydrogens (tertiary/aromatic N) is 2. The van der Waals surface area contributed by atoms with Gasteiger partial charge >= 0.3 is 0 Å². The van der Waals surface area contributed by atoms with Crippen LogP contribution in [0.25, 0.3) is 0 Å². The van der Waals surface area contributed by atoms with Crippen molar-refractivity contribution in [1.29, 1.82) is 0 Å². The first-order valence-corrected chi connectivity index (χ1v) is 15.3. The van der Waals surface area contributed by atoms with Gasteiger partial charge in [0.05, 0.1) is 19.3 Å². The highest BCUT2D eigenvalue weighted by Crippen LogP contribution is 2.33. The number of anilines is 2. The first-order valence-electron chi connectivity index (χ1n) is 13.8. The number of carbonyl (C=O) groups excluding carboxylic acids is 2. The summed E-state index contributed by atoms with van der Waals surface area (Å²) in [4.78, 5) is 29.0. The van der Waals surface area contributed by atoms with Gasteiger partial charge < -0.3 is 19.3 Å². The maximum atomic E-state index is 13.5. The van der Waals surface area contributed by atoms with E-state index in [9.17, 15) is 18.0 Å². The van der Waals surface area contributed by atoms with Gasteiger partial charge in [-0.2, -0.15) is 0 Å². The molecule has 0 aromatic heterocycles. The average Bonchev–Trinajstić information content (AvgIpc) is 3.41. The summed E-state index contributed by atoms with van der Waals surface area (Å²) in [7, 11) is -2.65. The molecule has 0 bridgehead atoms. The lowest BCUT2D eigenvalue weighted by Gasteiger charge is -2.27. The fourth-order valence-electron chi connectivity index (χ4n) is 5.48. The van der Waals surface area contributed by atoms with E-state index in [1.165, 1.54) is 13.2 Å². The van der Waals surface area contributed by atoms with Crippen molar-refractivity contribution in [1.82, 2.24) is 4.90 Å². The number of carbonyl (C=O) groups is 2. The van der Waals surface area contributed by atoms with Crippen LogP contribution >= 0.6 is 0 Å². The lowest BCUT2D eigenvalue weighted by Crippen LogP contribution is -2.35. The minimum Gasteiger partial charge on any atom is -0.495 e. The molecule has 3 aromatic rings. The van der Waals surface area contributed by atoms with Gasteiger partial charge in [0.2, 0.25) is 5.91 Å². The number of nitrogens with one attached hydrogen (secondary N) is 1. The number of benzene rings is 3. The number of sulfonamides is 1. The Hall–Kier alpha value is -4.05. The molecule has 216 valence electrons. The van der Waals surface area contributed by atoms with Crippen molar-refractivity contribution in [2.24, 2.45) is 0 Å². The van der Waals surface area contributed by atoms with E-state index < -0.39 is 10.0 Å². The van der Waals surface area contributed by atoms with Crippen LogP contribution in [0, 0.1) is 13.8 Å². The second-order valence-electron chi connectivity index (χ2n) is 10.5. The van der Waals surface area contributed by atoms with E-state index in [2.05, 4.69) is 4.72 Å². The molecule has 0 aliphatic carbocycles. The molecule has 1 atom stereocenters. The van der Waals surface area contributed by atoms with Gasteiger partial charge in [-0.05, 0) is 68.1 Å². The summed E-state index contributed by atoms with van der Waals surface area (Å²) < 4.78 is 41.1. The van der Waals surface area contributed by atoms with Crippen LogP contribution in [-0.4, -0.2) is 58.0 Å². The molecule has 2 amide bonds. The molecular weight excluding hydrogens is 542 g/mol. The third kappa shape index (κ3) is 6.17. The van der Waals surface area contributed by atoms with Crippen LogP contribution in [0.15, 0.2) is 65.6 Å². The Morgan fingerprint density at radius 1 is 0.976 bits per heavy atom. The zero-order chi connectivity index (χ0) is 29.1. The molecular formula is C31H35N3O6S. The number of ether oxygens (including phenoxy) is 2. The van der Waals surface area contributed by atoms with Gasteiger partial charge in [0, 0.05) is 43.2 Å². The van der Waals surface area contributed by atoms with Gasteiger partial charge in [0.25, 0.3) is 15.9 Å². The third-order valence-corrected chi connectivity index (χ3v) is 8.99. The van der Waals surface area contributed by atoms with Crippen LogP contribution in [0.5, 0.6) is 11.5 Å². The smallest absolute Gasteiger partial charge is 0.265 e. The summed E-state index contributed by atoms with van der Waals surface area (Å²) in [6, 6.07) is 17.3. The first-order chi connectivity index (χ1) is 19.7. The van der Waals surface area contributed by atoms with Gasteiger partial charge in [-0.15, -0.1) is 0 Å². The summed E-state index contributed by atoms with van der Waals surface area (Å²) in [6.45, 7) is 5.46. The predicted octanol–water partition coefficient (Wildman–Crippen LogP) is 4.92. The van der Waals surface area contributed by atoms with E-state index >= 15 is 0 Å². The molecule has 0 spiro atoms. The number of rotatable bonds is 8. The van der Waals surface area contributed by atoms with Gasteiger partial charge in [-0.1, -0.05) is 24.3 Å². The second-order valence-corrected chi connectivity index (χ2v) is 12.2. The third-order valence-electron chi connectivity index (χ3n) is 7.59. The minimum absolute atomic E-state index is 0.00404. The van der Waals surface area contributed by atoms with Crippen molar-refractivity contribution in [2.45, 2.75) is 50.5 Å².